The van der Waals surface area contributed by atoms with E-state index < -0.39 is 57.2 Å². The van der Waals surface area contributed by atoms with Gasteiger partial charge in [0.1, 0.15) is 11.6 Å². The molecule has 0 aliphatic carbocycles. The quantitative estimate of drug-likeness (QED) is 0.424. The van der Waals surface area contributed by atoms with Crippen molar-refractivity contribution in [3.8, 4) is 22.5 Å². The van der Waals surface area contributed by atoms with Gasteiger partial charge in [0.2, 0.25) is 5.95 Å². The van der Waals surface area contributed by atoms with Crippen LogP contribution in [-0.2, 0) is 18.0 Å². The summed E-state index contributed by atoms with van der Waals surface area (Å²) in [6.45, 7) is 7.44. The van der Waals surface area contributed by atoms with Gasteiger partial charge < -0.3 is 29.7 Å². The topological polar surface area (TPSA) is 110 Å². The van der Waals surface area contributed by atoms with Crippen LogP contribution in [0, 0.1) is 11.6 Å². The zero-order valence-corrected chi connectivity index (χ0v) is 25.5. The highest BCUT2D eigenvalue weighted by Gasteiger charge is 2.40. The van der Waals surface area contributed by atoms with Gasteiger partial charge in [-0.3, -0.25) is 9.59 Å². The molecule has 5 rings (SSSR count). The van der Waals surface area contributed by atoms with E-state index in [0.717, 1.165) is 17.7 Å². The monoisotopic (exact) mass is 635 g/mol. The van der Waals surface area contributed by atoms with E-state index in [1.165, 1.54) is 12.3 Å². The largest absolute Gasteiger partial charge is 0.417 e. The van der Waals surface area contributed by atoms with Crippen molar-refractivity contribution in [2.24, 2.45) is 12.8 Å². The molecular weight excluding hydrogens is 601 g/mol. The Morgan fingerprint density at radius 2 is 1.67 bits per heavy atom. The fourth-order valence-electron chi connectivity index (χ4n) is 6.03. The highest BCUT2D eigenvalue weighted by atomic mass is 19.4. The van der Waals surface area contributed by atoms with Gasteiger partial charge in [0, 0.05) is 58.1 Å². The number of morpholine rings is 1. The van der Waals surface area contributed by atoms with Crippen LogP contribution in [0.3, 0.4) is 0 Å². The van der Waals surface area contributed by atoms with Crippen molar-refractivity contribution in [3.05, 3.63) is 57.5 Å². The molecule has 4 heterocycles. The first kappa shape index (κ1) is 32.3. The maximum absolute atomic E-state index is 17.1. The molecule has 0 radical (unpaired) electrons. The SMILES string of the molecule is C[C@@H]1CN(c2nccc(-c3c(F)cc(N4CCN(C)[C@@H](C)C4)c(-c4c(C(N)=O)c(C(F)(F)F)cc(=O)n4C)c3F)n2)C[C@H](C)O1. The summed E-state index contributed by atoms with van der Waals surface area (Å²) in [6.07, 6.45) is -4.18. The maximum Gasteiger partial charge on any atom is 0.417 e. The summed E-state index contributed by atoms with van der Waals surface area (Å²) in [5.41, 5.74) is -0.657. The van der Waals surface area contributed by atoms with Crippen LogP contribution in [-0.4, -0.2) is 83.4 Å². The fourth-order valence-corrected chi connectivity index (χ4v) is 6.03. The zero-order valence-electron chi connectivity index (χ0n) is 25.5. The van der Waals surface area contributed by atoms with Crippen molar-refractivity contribution >= 4 is 17.5 Å². The number of amides is 1. The van der Waals surface area contributed by atoms with Gasteiger partial charge in [-0.1, -0.05) is 0 Å². The minimum atomic E-state index is -5.18. The van der Waals surface area contributed by atoms with Crippen LogP contribution >= 0.6 is 0 Å². The number of carbonyl (C=O) groups excluding carboxylic acids is 1. The second-order valence-electron chi connectivity index (χ2n) is 11.7. The van der Waals surface area contributed by atoms with Gasteiger partial charge in [0.05, 0.1) is 51.5 Å². The third-order valence-electron chi connectivity index (χ3n) is 8.33. The van der Waals surface area contributed by atoms with Crippen LogP contribution < -0.4 is 21.1 Å². The summed E-state index contributed by atoms with van der Waals surface area (Å²) in [5, 5.41) is 0. The summed E-state index contributed by atoms with van der Waals surface area (Å²) < 4.78 is 82.2. The molecule has 1 amide bonds. The molecule has 2 N–H and O–H groups in total. The number of carbonyl (C=O) groups is 1. The number of nitrogens with two attached hydrogens (primary N) is 1. The number of alkyl halides is 3. The van der Waals surface area contributed by atoms with E-state index in [9.17, 15) is 22.8 Å². The van der Waals surface area contributed by atoms with E-state index in [0.29, 0.717) is 19.6 Å². The molecule has 0 saturated carbocycles. The van der Waals surface area contributed by atoms with Crippen LogP contribution in [0.15, 0.2) is 29.2 Å². The van der Waals surface area contributed by atoms with Crippen molar-refractivity contribution < 1.29 is 31.5 Å². The number of anilines is 2. The first-order valence-electron chi connectivity index (χ1n) is 14.4. The van der Waals surface area contributed by atoms with Gasteiger partial charge in [-0.25, -0.2) is 18.7 Å². The highest BCUT2D eigenvalue weighted by Crippen LogP contribution is 2.44. The molecule has 15 heteroatoms. The number of hydrogen-bond donors (Lipinski definition) is 1. The lowest BCUT2D eigenvalue weighted by molar-refractivity contribution is -0.138. The zero-order chi connectivity index (χ0) is 33.0. The molecule has 2 saturated heterocycles. The van der Waals surface area contributed by atoms with Gasteiger partial charge >= 0.3 is 6.18 Å². The molecule has 2 aliphatic heterocycles. The molecule has 45 heavy (non-hydrogen) atoms. The smallest absolute Gasteiger partial charge is 0.372 e. The molecule has 0 spiro atoms. The van der Waals surface area contributed by atoms with E-state index in [-0.39, 0.29) is 54.7 Å². The molecule has 3 atom stereocenters. The summed E-state index contributed by atoms with van der Waals surface area (Å²) in [7, 11) is 2.98. The minimum Gasteiger partial charge on any atom is -0.372 e. The molecule has 2 fully saturated rings. The summed E-state index contributed by atoms with van der Waals surface area (Å²) in [4.78, 5) is 39.7. The summed E-state index contributed by atoms with van der Waals surface area (Å²) in [5.74, 6) is -3.70. The van der Waals surface area contributed by atoms with Gasteiger partial charge in [-0.2, -0.15) is 13.2 Å². The predicted octanol–water partition coefficient (Wildman–Crippen LogP) is 3.66. The van der Waals surface area contributed by atoms with Gasteiger partial charge in [0.15, 0.2) is 0 Å². The molecular formula is C30H34F5N7O3. The Kier molecular flexibility index (Phi) is 8.61. The van der Waals surface area contributed by atoms with Crippen LogP contribution in [0.25, 0.3) is 22.5 Å². The Hall–Kier alpha value is -4.11. The second kappa shape index (κ2) is 12.0. The van der Waals surface area contributed by atoms with E-state index in [1.54, 1.807) is 9.80 Å². The van der Waals surface area contributed by atoms with Gasteiger partial charge in [0.25, 0.3) is 11.5 Å². The molecule has 2 aliphatic rings. The standard InChI is InChI=1S/C30H34F5N7O3/c1-15-12-41(9-8-39(15)4)21-11-19(31)24(20-6-7-37-29(38-20)42-13-16(2)45-17(3)14-42)26(32)25(21)27-23(28(36)44)18(30(33,34)35)10-22(43)40(27)5/h6-7,10-11,15-17H,8-9,12-14H2,1-5H3,(H2,36,44)/t15-,16-,17+/m0/s1. The van der Waals surface area contributed by atoms with E-state index in [2.05, 4.69) is 9.97 Å². The van der Waals surface area contributed by atoms with Crippen molar-refractivity contribution in [2.45, 2.75) is 45.2 Å². The van der Waals surface area contributed by atoms with Crippen LogP contribution in [0.4, 0.5) is 33.6 Å². The van der Waals surface area contributed by atoms with E-state index >= 15 is 8.78 Å². The number of hydrogen-bond acceptors (Lipinski definition) is 8. The van der Waals surface area contributed by atoms with Gasteiger partial charge in [-0.15, -0.1) is 0 Å². The first-order valence-corrected chi connectivity index (χ1v) is 14.4. The van der Waals surface area contributed by atoms with Crippen molar-refractivity contribution in [1.29, 1.82) is 0 Å². The number of pyridine rings is 1. The molecule has 2 aromatic heterocycles. The van der Waals surface area contributed by atoms with E-state index in [1.807, 2.05) is 32.7 Å². The highest BCUT2D eigenvalue weighted by molar-refractivity contribution is 6.02. The van der Waals surface area contributed by atoms with Crippen LogP contribution in [0.2, 0.25) is 0 Å². The van der Waals surface area contributed by atoms with Crippen molar-refractivity contribution in [2.75, 3.05) is 49.6 Å². The number of nitrogens with zero attached hydrogens (tertiary/aromatic N) is 6. The number of benzene rings is 1. The Bertz CT molecular complexity index is 1690. The average molecular weight is 636 g/mol. The Morgan fingerprint density at radius 1 is 1.00 bits per heavy atom. The van der Waals surface area contributed by atoms with Crippen LogP contribution in [0.5, 0.6) is 0 Å². The molecule has 0 bridgehead atoms. The average Bonchev–Trinajstić information content (AvgIpc) is 2.95. The maximum atomic E-state index is 17.1. The molecule has 10 nitrogen and oxygen atoms in total. The Labute approximate surface area is 256 Å². The lowest BCUT2D eigenvalue weighted by atomic mass is 9.93. The lowest BCUT2D eigenvalue weighted by Gasteiger charge is -2.40. The third-order valence-corrected chi connectivity index (χ3v) is 8.33. The Balaban J connectivity index is 1.81. The molecule has 1 aromatic carbocycles. The number of ether oxygens (including phenoxy) is 1. The van der Waals surface area contributed by atoms with Crippen molar-refractivity contribution in [1.82, 2.24) is 19.4 Å². The number of aromatic nitrogens is 3. The second-order valence-corrected chi connectivity index (χ2v) is 11.7. The summed E-state index contributed by atoms with van der Waals surface area (Å²) >= 11 is 0. The molecule has 0 unspecified atom stereocenters. The van der Waals surface area contributed by atoms with Gasteiger partial charge in [-0.05, 0) is 40.0 Å². The molecule has 3 aromatic rings. The number of primary amides is 1. The Morgan fingerprint density at radius 3 is 2.27 bits per heavy atom. The lowest BCUT2D eigenvalue weighted by Crippen LogP contribution is -2.50. The number of piperazine rings is 1. The first-order chi connectivity index (χ1) is 21.1. The number of likely N-dealkylation sites (N-methyl/N-ethyl adjacent to an activating group) is 1. The summed E-state index contributed by atoms with van der Waals surface area (Å²) in [6, 6.07) is 2.42. The van der Waals surface area contributed by atoms with E-state index in [4.69, 9.17) is 10.5 Å². The van der Waals surface area contributed by atoms with Crippen molar-refractivity contribution in [3.63, 3.8) is 0 Å². The number of rotatable bonds is 5. The fraction of sp³-hybridized carbons (Fsp3) is 0.467. The predicted molar refractivity (Wildman–Crippen MR) is 158 cm³/mol. The number of halogens is 5. The molecule has 242 valence electrons. The van der Waals surface area contributed by atoms with Crippen LogP contribution in [0.1, 0.15) is 36.7 Å². The minimum absolute atomic E-state index is 0.0962. The third kappa shape index (κ3) is 6.10. The normalized spacial score (nSPS) is 21.3.